The monoisotopic (exact) mass is 303 g/mol. The molecular formula is C16H18ClN3O. The normalized spacial score (nSPS) is 10.2. The summed E-state index contributed by atoms with van der Waals surface area (Å²) in [4.78, 5) is 16.4. The summed E-state index contributed by atoms with van der Waals surface area (Å²) in [7, 11) is 0. The predicted octanol–water partition coefficient (Wildman–Crippen LogP) is 3.98. The number of aromatic nitrogens is 1. The van der Waals surface area contributed by atoms with Gasteiger partial charge in [0.15, 0.2) is 0 Å². The van der Waals surface area contributed by atoms with Gasteiger partial charge in [-0.3, -0.25) is 4.79 Å². The van der Waals surface area contributed by atoms with E-state index in [4.69, 9.17) is 11.6 Å². The number of pyridine rings is 1. The van der Waals surface area contributed by atoms with Gasteiger partial charge in [-0.1, -0.05) is 30.7 Å². The van der Waals surface area contributed by atoms with Crippen molar-refractivity contribution in [1.29, 1.82) is 0 Å². The first-order chi connectivity index (χ1) is 10.1. The van der Waals surface area contributed by atoms with Crippen molar-refractivity contribution in [1.82, 2.24) is 4.98 Å². The number of carbonyl (C=O) groups is 1. The van der Waals surface area contributed by atoms with E-state index in [2.05, 4.69) is 22.5 Å². The Morgan fingerprint density at radius 3 is 2.52 bits per heavy atom. The number of benzene rings is 1. The quantitative estimate of drug-likeness (QED) is 0.821. The Kier molecular flexibility index (Phi) is 5.17. The van der Waals surface area contributed by atoms with Gasteiger partial charge in [-0.25, -0.2) is 4.98 Å². The number of anilines is 2. The molecule has 21 heavy (non-hydrogen) atoms. The van der Waals surface area contributed by atoms with Crippen molar-refractivity contribution < 1.29 is 4.79 Å². The van der Waals surface area contributed by atoms with Crippen molar-refractivity contribution in [2.45, 2.75) is 20.3 Å². The number of rotatable bonds is 5. The summed E-state index contributed by atoms with van der Waals surface area (Å²) in [5.74, 6) is 0.388. The Hall–Kier alpha value is -2.07. The van der Waals surface area contributed by atoms with E-state index in [1.54, 1.807) is 12.1 Å². The number of halogens is 1. The summed E-state index contributed by atoms with van der Waals surface area (Å²) in [6, 6.07) is 11.0. The predicted molar refractivity (Wildman–Crippen MR) is 87.2 cm³/mol. The number of carbonyl (C=O) groups excluding carboxylic acids is 1. The van der Waals surface area contributed by atoms with Gasteiger partial charge >= 0.3 is 0 Å². The summed E-state index contributed by atoms with van der Waals surface area (Å²) in [5, 5.41) is 6.19. The lowest BCUT2D eigenvalue weighted by atomic mass is 10.1. The van der Waals surface area contributed by atoms with Crippen LogP contribution in [0.15, 0.2) is 36.4 Å². The lowest BCUT2D eigenvalue weighted by Gasteiger charge is -2.08. The van der Waals surface area contributed by atoms with E-state index in [-0.39, 0.29) is 5.91 Å². The number of nitrogens with one attached hydrogen (secondary N) is 2. The van der Waals surface area contributed by atoms with Gasteiger partial charge in [-0.05, 0) is 43.2 Å². The summed E-state index contributed by atoms with van der Waals surface area (Å²) in [6.07, 6.45) is 0.972. The molecule has 0 spiro atoms. The van der Waals surface area contributed by atoms with E-state index >= 15 is 0 Å². The lowest BCUT2D eigenvalue weighted by Crippen LogP contribution is -2.13. The lowest BCUT2D eigenvalue weighted by molar-refractivity contribution is 0.102. The zero-order valence-corrected chi connectivity index (χ0v) is 12.9. The fourth-order valence-corrected chi connectivity index (χ4v) is 2.14. The average Bonchev–Trinajstić information content (AvgIpc) is 2.48. The Morgan fingerprint density at radius 1 is 1.19 bits per heavy atom. The van der Waals surface area contributed by atoms with Crippen molar-refractivity contribution in [3.05, 3.63) is 52.7 Å². The molecular weight excluding hydrogens is 286 g/mol. The number of amides is 1. The molecule has 0 aliphatic carbocycles. The molecule has 0 saturated carbocycles. The second-order valence-corrected chi connectivity index (χ2v) is 4.99. The highest BCUT2D eigenvalue weighted by Gasteiger charge is 2.09. The smallest absolute Gasteiger partial charge is 0.255 e. The van der Waals surface area contributed by atoms with Gasteiger partial charge in [0.25, 0.3) is 5.91 Å². The molecule has 2 aromatic rings. The summed E-state index contributed by atoms with van der Waals surface area (Å²) in [5.41, 5.74) is 2.47. The summed E-state index contributed by atoms with van der Waals surface area (Å²) in [6.45, 7) is 4.76. The Labute approximate surface area is 129 Å². The van der Waals surface area contributed by atoms with Crippen LogP contribution in [0.5, 0.6) is 0 Å². The van der Waals surface area contributed by atoms with E-state index in [0.29, 0.717) is 23.1 Å². The first-order valence-electron chi connectivity index (χ1n) is 6.94. The largest absolute Gasteiger partial charge is 0.370 e. The fourth-order valence-electron chi connectivity index (χ4n) is 1.93. The van der Waals surface area contributed by atoms with Gasteiger partial charge in [-0.2, -0.15) is 0 Å². The SMILES string of the molecule is CCNc1cc(C(=O)Nc2ccc(CC)cc2)cc(Cl)n1. The Morgan fingerprint density at radius 2 is 1.90 bits per heavy atom. The van der Waals surface area contributed by atoms with Crippen molar-refractivity contribution >= 4 is 29.0 Å². The molecule has 5 heteroatoms. The standard InChI is InChI=1S/C16H18ClN3O/c1-3-11-5-7-13(8-6-11)19-16(21)12-9-14(17)20-15(10-12)18-4-2/h5-10H,3-4H2,1-2H3,(H,18,20)(H,19,21). The Balaban J connectivity index is 2.15. The first-order valence-corrected chi connectivity index (χ1v) is 7.32. The maximum Gasteiger partial charge on any atom is 0.255 e. The van der Waals surface area contributed by atoms with Gasteiger partial charge < -0.3 is 10.6 Å². The van der Waals surface area contributed by atoms with Gasteiger partial charge in [-0.15, -0.1) is 0 Å². The van der Waals surface area contributed by atoms with Crippen LogP contribution in [0.25, 0.3) is 0 Å². The van der Waals surface area contributed by atoms with Crippen LogP contribution in [0.4, 0.5) is 11.5 Å². The zero-order chi connectivity index (χ0) is 15.2. The average molecular weight is 304 g/mol. The van der Waals surface area contributed by atoms with Gasteiger partial charge in [0.2, 0.25) is 0 Å². The first kappa shape index (κ1) is 15.3. The summed E-state index contributed by atoms with van der Waals surface area (Å²) < 4.78 is 0. The van der Waals surface area contributed by atoms with Crippen LogP contribution in [0.2, 0.25) is 5.15 Å². The zero-order valence-electron chi connectivity index (χ0n) is 12.1. The molecule has 2 rings (SSSR count). The van der Waals surface area contributed by atoms with E-state index in [0.717, 1.165) is 12.1 Å². The van der Waals surface area contributed by atoms with Crippen LogP contribution in [-0.4, -0.2) is 17.4 Å². The second-order valence-electron chi connectivity index (χ2n) is 4.60. The maximum absolute atomic E-state index is 12.3. The third-order valence-electron chi connectivity index (χ3n) is 3.03. The molecule has 0 bridgehead atoms. The second kappa shape index (κ2) is 7.09. The maximum atomic E-state index is 12.3. The molecule has 0 fully saturated rings. The van der Waals surface area contributed by atoms with Crippen molar-refractivity contribution in [3.8, 4) is 0 Å². The molecule has 0 radical (unpaired) electrons. The number of hydrogen-bond donors (Lipinski definition) is 2. The molecule has 0 atom stereocenters. The minimum atomic E-state index is -0.206. The van der Waals surface area contributed by atoms with Crippen LogP contribution in [0.3, 0.4) is 0 Å². The van der Waals surface area contributed by atoms with E-state index in [9.17, 15) is 4.79 Å². The molecule has 110 valence electrons. The molecule has 1 amide bonds. The third kappa shape index (κ3) is 4.20. The van der Waals surface area contributed by atoms with Gasteiger partial charge in [0.1, 0.15) is 11.0 Å². The van der Waals surface area contributed by atoms with E-state index < -0.39 is 0 Å². The van der Waals surface area contributed by atoms with Crippen LogP contribution < -0.4 is 10.6 Å². The van der Waals surface area contributed by atoms with Crippen LogP contribution in [-0.2, 0) is 6.42 Å². The molecule has 2 N–H and O–H groups in total. The minimum Gasteiger partial charge on any atom is -0.370 e. The number of aryl methyl sites for hydroxylation is 1. The highest BCUT2D eigenvalue weighted by Crippen LogP contribution is 2.17. The van der Waals surface area contributed by atoms with Crippen LogP contribution in [0, 0.1) is 0 Å². The van der Waals surface area contributed by atoms with E-state index in [1.807, 2.05) is 31.2 Å². The van der Waals surface area contributed by atoms with Crippen molar-refractivity contribution in [2.24, 2.45) is 0 Å². The molecule has 4 nitrogen and oxygen atoms in total. The van der Waals surface area contributed by atoms with Gasteiger partial charge in [0.05, 0.1) is 0 Å². The Bertz CT molecular complexity index is 626. The molecule has 0 saturated heterocycles. The fraction of sp³-hybridized carbons (Fsp3) is 0.250. The van der Waals surface area contributed by atoms with Crippen molar-refractivity contribution in [3.63, 3.8) is 0 Å². The van der Waals surface area contributed by atoms with Gasteiger partial charge in [0, 0.05) is 17.8 Å². The molecule has 0 aliphatic heterocycles. The number of hydrogen-bond acceptors (Lipinski definition) is 3. The molecule has 1 aromatic heterocycles. The topological polar surface area (TPSA) is 54.0 Å². The number of nitrogens with zero attached hydrogens (tertiary/aromatic N) is 1. The highest BCUT2D eigenvalue weighted by molar-refractivity contribution is 6.30. The van der Waals surface area contributed by atoms with E-state index in [1.165, 1.54) is 5.56 Å². The molecule has 1 heterocycles. The van der Waals surface area contributed by atoms with Crippen LogP contribution in [0.1, 0.15) is 29.8 Å². The molecule has 1 aromatic carbocycles. The summed E-state index contributed by atoms with van der Waals surface area (Å²) >= 11 is 5.94. The van der Waals surface area contributed by atoms with Crippen molar-refractivity contribution in [2.75, 3.05) is 17.2 Å². The third-order valence-corrected chi connectivity index (χ3v) is 3.23. The highest BCUT2D eigenvalue weighted by atomic mass is 35.5. The minimum absolute atomic E-state index is 0.206. The van der Waals surface area contributed by atoms with Crippen LogP contribution >= 0.6 is 11.6 Å². The molecule has 0 unspecified atom stereocenters. The molecule has 0 aliphatic rings.